The lowest BCUT2D eigenvalue weighted by Gasteiger charge is -2.17. The van der Waals surface area contributed by atoms with E-state index in [0.717, 1.165) is 69.9 Å². The molecule has 0 saturated carbocycles. The number of pyridine rings is 2. The molecule has 2 N–H and O–H groups in total. The quantitative estimate of drug-likeness (QED) is 0.123. The molecule has 9 nitrogen and oxygen atoms in total. The summed E-state index contributed by atoms with van der Waals surface area (Å²) in [4.78, 5) is 42.3. The number of rotatable bonds is 12. The molecule has 0 fully saturated rings. The van der Waals surface area contributed by atoms with E-state index in [-0.39, 0.29) is 11.8 Å². The first-order valence-corrected chi connectivity index (χ1v) is 16.4. The Balaban J connectivity index is 0.969. The first kappa shape index (κ1) is 32.7. The van der Waals surface area contributed by atoms with Crippen LogP contribution in [0.15, 0.2) is 84.9 Å². The molecule has 0 spiro atoms. The highest BCUT2D eigenvalue weighted by atomic mass is 16.2. The van der Waals surface area contributed by atoms with E-state index in [4.69, 9.17) is 9.97 Å². The fraction of sp³-hybridized carbons (Fsp3) is 0.282. The van der Waals surface area contributed by atoms with Crippen LogP contribution in [-0.4, -0.2) is 88.1 Å². The fourth-order valence-corrected chi connectivity index (χ4v) is 6.03. The van der Waals surface area contributed by atoms with Gasteiger partial charge in [-0.3, -0.25) is 9.59 Å². The second-order valence-corrected chi connectivity index (χ2v) is 12.8. The van der Waals surface area contributed by atoms with Crippen molar-refractivity contribution in [3.05, 3.63) is 96.1 Å². The van der Waals surface area contributed by atoms with Crippen LogP contribution >= 0.6 is 0 Å². The first-order valence-electron chi connectivity index (χ1n) is 16.4. The van der Waals surface area contributed by atoms with Gasteiger partial charge in [-0.1, -0.05) is 24.3 Å². The molecule has 0 radical (unpaired) electrons. The fourth-order valence-electron chi connectivity index (χ4n) is 6.03. The van der Waals surface area contributed by atoms with Crippen LogP contribution < -0.4 is 20.4 Å². The van der Waals surface area contributed by atoms with Crippen molar-refractivity contribution < 1.29 is 9.59 Å². The summed E-state index contributed by atoms with van der Waals surface area (Å²) in [5.74, 6) is -0.228. The number of nitrogens with zero attached hydrogens (tertiary/aromatic N) is 5. The maximum absolute atomic E-state index is 13.1. The zero-order valence-corrected chi connectivity index (χ0v) is 28.4. The molecule has 2 heterocycles. The molecular formula is C39H43N7O2. The highest BCUT2D eigenvalue weighted by molar-refractivity contribution is 6.09. The Kier molecular flexibility index (Phi) is 9.68. The average molecular weight is 642 g/mol. The zero-order chi connectivity index (χ0) is 33.8. The van der Waals surface area contributed by atoms with E-state index in [1.165, 1.54) is 0 Å². The minimum Gasteiger partial charge on any atom is -0.378 e. The number of hydrogen-bond donors (Lipinski definition) is 2. The lowest BCUT2D eigenvalue weighted by molar-refractivity contribution is 0.0947. The second kappa shape index (κ2) is 14.2. The normalized spacial score (nSPS) is 11.5. The van der Waals surface area contributed by atoms with Crippen LogP contribution in [-0.2, 0) is 0 Å². The van der Waals surface area contributed by atoms with Crippen molar-refractivity contribution >= 4 is 66.8 Å². The third-order valence-electron chi connectivity index (χ3n) is 8.77. The number of carbonyl (C=O) groups is 2. The molecule has 2 aromatic heterocycles. The monoisotopic (exact) mass is 641 g/mol. The van der Waals surface area contributed by atoms with Crippen LogP contribution in [0, 0.1) is 0 Å². The molecule has 0 bridgehead atoms. The summed E-state index contributed by atoms with van der Waals surface area (Å²) < 4.78 is 0. The topological polar surface area (TPSA) is 93.7 Å². The van der Waals surface area contributed by atoms with Gasteiger partial charge in [0.2, 0.25) is 0 Å². The highest BCUT2D eigenvalue weighted by Gasteiger charge is 2.14. The van der Waals surface area contributed by atoms with E-state index < -0.39 is 0 Å². The van der Waals surface area contributed by atoms with Crippen LogP contribution in [0.4, 0.5) is 11.4 Å². The van der Waals surface area contributed by atoms with Crippen molar-refractivity contribution in [1.29, 1.82) is 0 Å². The zero-order valence-electron chi connectivity index (χ0n) is 28.4. The number of para-hydroxylation sites is 2. The number of aromatic nitrogens is 2. The molecule has 0 atom stereocenters. The Morgan fingerprint density at radius 3 is 1.42 bits per heavy atom. The molecule has 0 aliphatic carbocycles. The van der Waals surface area contributed by atoms with Crippen LogP contribution in [0.2, 0.25) is 0 Å². The van der Waals surface area contributed by atoms with Crippen molar-refractivity contribution in [3.8, 4) is 0 Å². The maximum atomic E-state index is 13.1. The van der Waals surface area contributed by atoms with Gasteiger partial charge in [-0.05, 0) is 93.6 Å². The molecular weight excluding hydrogens is 598 g/mol. The number of nitrogens with one attached hydrogen (secondary N) is 2. The lowest BCUT2D eigenvalue weighted by atomic mass is 10.1. The van der Waals surface area contributed by atoms with Crippen LogP contribution in [0.25, 0.3) is 43.6 Å². The largest absolute Gasteiger partial charge is 0.378 e. The minimum atomic E-state index is -0.114. The van der Waals surface area contributed by atoms with Gasteiger partial charge >= 0.3 is 0 Å². The van der Waals surface area contributed by atoms with E-state index in [1.54, 1.807) is 0 Å². The van der Waals surface area contributed by atoms with Gasteiger partial charge in [0.15, 0.2) is 0 Å². The molecule has 48 heavy (non-hydrogen) atoms. The Bertz CT molecular complexity index is 1970. The van der Waals surface area contributed by atoms with E-state index in [1.807, 2.05) is 88.9 Å². The molecule has 6 aromatic rings. The summed E-state index contributed by atoms with van der Waals surface area (Å²) in [5, 5.41) is 10.1. The number of fused-ring (bicyclic) bond motifs is 4. The Morgan fingerprint density at radius 1 is 0.562 bits per heavy atom. The standard InChI is InChI=1S/C39H43N7O2/c1-44(2)30-14-16-34-28(24-30)22-26-10-6-12-32(36(26)42-34)38(47)40-18-8-20-46(5)21-9-19-41-39(48)33-13-7-11-27-23-29-25-31(45(3)4)15-17-35(29)43-37(27)33/h6-7,10-17,22-25H,8-9,18-21H2,1-5H3,(H,40,47)(H,41,48). The van der Waals surface area contributed by atoms with Crippen LogP contribution in [0.5, 0.6) is 0 Å². The van der Waals surface area contributed by atoms with Crippen LogP contribution in [0.3, 0.4) is 0 Å². The summed E-state index contributed by atoms with van der Waals surface area (Å²) in [6, 6.07) is 28.0. The summed E-state index contributed by atoms with van der Waals surface area (Å²) in [6.07, 6.45) is 1.63. The Labute approximate surface area is 281 Å². The van der Waals surface area contributed by atoms with Crippen LogP contribution in [0.1, 0.15) is 33.6 Å². The second-order valence-electron chi connectivity index (χ2n) is 12.8. The smallest absolute Gasteiger partial charge is 0.253 e. The van der Waals surface area contributed by atoms with Gasteiger partial charge in [0.25, 0.3) is 11.8 Å². The van der Waals surface area contributed by atoms with E-state index in [9.17, 15) is 9.59 Å². The summed E-state index contributed by atoms with van der Waals surface area (Å²) in [7, 11) is 10.1. The molecule has 0 aliphatic heterocycles. The molecule has 2 amide bonds. The molecule has 6 rings (SSSR count). The van der Waals surface area contributed by atoms with Gasteiger partial charge in [-0.2, -0.15) is 0 Å². The number of hydrogen-bond acceptors (Lipinski definition) is 7. The average Bonchev–Trinajstić information content (AvgIpc) is 3.08. The summed E-state index contributed by atoms with van der Waals surface area (Å²) in [6.45, 7) is 2.79. The van der Waals surface area contributed by atoms with Crippen molar-refractivity contribution in [2.75, 3.05) is 71.2 Å². The minimum absolute atomic E-state index is 0.114. The Hall–Kier alpha value is -5.28. The first-order chi connectivity index (χ1) is 23.2. The Morgan fingerprint density at radius 2 is 1.00 bits per heavy atom. The van der Waals surface area contributed by atoms with Gasteiger partial charge in [-0.25, -0.2) is 9.97 Å². The van der Waals surface area contributed by atoms with Crippen molar-refractivity contribution in [3.63, 3.8) is 0 Å². The van der Waals surface area contributed by atoms with Gasteiger partial charge in [0.05, 0.1) is 33.2 Å². The predicted molar refractivity (Wildman–Crippen MR) is 199 cm³/mol. The third kappa shape index (κ3) is 7.16. The van der Waals surface area contributed by atoms with Crippen molar-refractivity contribution in [2.24, 2.45) is 0 Å². The van der Waals surface area contributed by atoms with E-state index in [2.05, 4.69) is 56.6 Å². The van der Waals surface area contributed by atoms with Gasteiger partial charge < -0.3 is 25.3 Å². The van der Waals surface area contributed by atoms with Crippen molar-refractivity contribution in [2.45, 2.75) is 12.8 Å². The number of benzene rings is 4. The summed E-state index contributed by atoms with van der Waals surface area (Å²) in [5.41, 5.74) is 6.56. The molecule has 4 aromatic carbocycles. The SMILES string of the molecule is CN(CCCNC(=O)c1cccc2cc3cc(N(C)C)ccc3nc12)CCCNC(=O)c1cccc2cc3cc(N(C)C)ccc3nc12. The molecule has 246 valence electrons. The summed E-state index contributed by atoms with van der Waals surface area (Å²) >= 11 is 0. The van der Waals surface area contributed by atoms with Crippen molar-refractivity contribution in [1.82, 2.24) is 25.5 Å². The van der Waals surface area contributed by atoms with Gasteiger partial charge in [0.1, 0.15) is 0 Å². The molecule has 9 heteroatoms. The number of anilines is 2. The highest BCUT2D eigenvalue weighted by Crippen LogP contribution is 2.27. The third-order valence-corrected chi connectivity index (χ3v) is 8.77. The molecule has 0 saturated heterocycles. The lowest BCUT2D eigenvalue weighted by Crippen LogP contribution is -2.31. The van der Waals surface area contributed by atoms with E-state index >= 15 is 0 Å². The predicted octanol–water partition coefficient (Wildman–Crippen LogP) is 6.09. The number of amides is 2. The molecule has 0 unspecified atom stereocenters. The number of carbonyl (C=O) groups excluding carboxylic acids is 2. The van der Waals surface area contributed by atoms with Gasteiger partial charge in [-0.15, -0.1) is 0 Å². The van der Waals surface area contributed by atoms with E-state index in [0.29, 0.717) is 35.2 Å². The maximum Gasteiger partial charge on any atom is 0.253 e. The molecule has 0 aliphatic rings. The van der Waals surface area contributed by atoms with Gasteiger partial charge in [0, 0.05) is 74.2 Å².